The number of anilines is 2. The Morgan fingerprint density at radius 2 is 1.34 bits per heavy atom. The summed E-state index contributed by atoms with van der Waals surface area (Å²) in [6, 6.07) is 28.3. The van der Waals surface area contributed by atoms with Gasteiger partial charge in [0.2, 0.25) is 0 Å². The maximum Gasteiger partial charge on any atom is 0.295 e. The van der Waals surface area contributed by atoms with Crippen molar-refractivity contribution in [2.24, 2.45) is 20.5 Å². The molecule has 0 aliphatic carbocycles. The number of nitrogens with one attached hydrogen (secondary N) is 1. The van der Waals surface area contributed by atoms with E-state index in [-0.39, 0.29) is 34.8 Å². The maximum absolute atomic E-state index is 12.2. The van der Waals surface area contributed by atoms with E-state index >= 15 is 0 Å². The van der Waals surface area contributed by atoms with E-state index in [1.165, 1.54) is 12.1 Å². The number of hydrogen-bond donors (Lipinski definition) is 3. The van der Waals surface area contributed by atoms with E-state index in [1.807, 2.05) is 74.5 Å². The van der Waals surface area contributed by atoms with E-state index in [4.69, 9.17) is 16.4 Å². The Kier molecular flexibility index (Phi) is 9.75. The van der Waals surface area contributed by atoms with Gasteiger partial charge in [-0.2, -0.15) is 23.8 Å². The number of fused-ring (bicyclic) bond motifs is 2. The second-order valence-electron chi connectivity index (χ2n) is 11.5. The molecule has 0 unspecified atom stereocenters. The molecule has 11 nitrogen and oxygen atoms in total. The van der Waals surface area contributed by atoms with Crippen molar-refractivity contribution in [3.8, 4) is 17.2 Å². The zero-order valence-electron chi connectivity index (χ0n) is 27.5. The molecule has 0 aliphatic rings. The van der Waals surface area contributed by atoms with Crippen molar-refractivity contribution in [1.29, 1.82) is 0 Å². The molecule has 2 radical (unpaired) electrons. The monoisotopic (exact) mass is 687 g/mol. The lowest BCUT2D eigenvalue weighted by Gasteiger charge is -2.10. The minimum Gasteiger partial charge on any atom is -0.505 e. The molecule has 12 heteroatoms. The molecule has 0 heterocycles. The molecule has 0 aromatic heterocycles. The van der Waals surface area contributed by atoms with Crippen molar-refractivity contribution in [2.75, 3.05) is 19.0 Å². The summed E-state index contributed by atoms with van der Waals surface area (Å²) in [4.78, 5) is -0.301. The lowest BCUT2D eigenvalue weighted by atomic mass is 10.1. The first-order valence-electron chi connectivity index (χ1n) is 15.5. The first kappa shape index (κ1) is 34.0. The Hall–Kier alpha value is -5.85. The van der Waals surface area contributed by atoms with Crippen LogP contribution in [-0.2, 0) is 10.1 Å². The van der Waals surface area contributed by atoms with E-state index in [2.05, 4.69) is 25.8 Å². The number of phenols is 1. The predicted octanol–water partition coefficient (Wildman–Crippen LogP) is 10.6. The SMILES string of the molecule is [CH]CCOc1cc(S(=O)(=O)O)c2cc(N=Nc3cc(C)c(N=Nc4ccc5cc(Nc6ccc(OC)cc6)ccc5c4O)cc3C)ccc2c1. The molecule has 0 amide bonds. The number of nitrogens with zero attached hydrogens (tertiary/aromatic N) is 4. The van der Waals surface area contributed by atoms with E-state index in [0.29, 0.717) is 33.5 Å². The van der Waals surface area contributed by atoms with Gasteiger partial charge in [-0.05, 0) is 128 Å². The minimum absolute atomic E-state index is 0.0221. The van der Waals surface area contributed by atoms with Gasteiger partial charge in [0.05, 0.1) is 30.8 Å². The summed E-state index contributed by atoms with van der Waals surface area (Å²) in [6.07, 6.45) is 0.252. The van der Waals surface area contributed by atoms with Crippen molar-refractivity contribution in [3.05, 3.63) is 115 Å². The van der Waals surface area contributed by atoms with E-state index in [0.717, 1.165) is 33.6 Å². The van der Waals surface area contributed by atoms with Gasteiger partial charge >= 0.3 is 0 Å². The molecular weight excluding hydrogens is 655 g/mol. The minimum atomic E-state index is -4.56. The topological polar surface area (TPSA) is 155 Å². The van der Waals surface area contributed by atoms with Crippen molar-refractivity contribution >= 4 is 65.8 Å². The fourth-order valence-corrected chi connectivity index (χ4v) is 6.06. The summed E-state index contributed by atoms with van der Waals surface area (Å²) in [5, 5.41) is 34.1. The number of ether oxygens (including phenoxy) is 2. The third-order valence-electron chi connectivity index (χ3n) is 7.94. The second kappa shape index (κ2) is 14.3. The summed E-state index contributed by atoms with van der Waals surface area (Å²) in [5.41, 5.74) is 5.21. The Labute approximate surface area is 289 Å². The van der Waals surface area contributed by atoms with Crippen molar-refractivity contribution in [3.63, 3.8) is 0 Å². The molecule has 6 aromatic carbocycles. The first-order chi connectivity index (χ1) is 24.0. The molecule has 3 N–H and O–H groups in total. The quantitative estimate of drug-likeness (QED) is 0.0904. The number of hydrogen-bond acceptors (Lipinski definition) is 10. The summed E-state index contributed by atoms with van der Waals surface area (Å²) >= 11 is 0. The summed E-state index contributed by atoms with van der Waals surface area (Å²) < 4.78 is 44.9. The molecule has 0 saturated carbocycles. The highest BCUT2D eigenvalue weighted by Gasteiger charge is 2.17. The lowest BCUT2D eigenvalue weighted by Crippen LogP contribution is -2.02. The molecule has 0 bridgehead atoms. The molecule has 0 aliphatic heterocycles. The number of azo groups is 2. The Morgan fingerprint density at radius 1 is 0.700 bits per heavy atom. The molecule has 6 rings (SSSR count). The Morgan fingerprint density at radius 3 is 2.02 bits per heavy atom. The standard InChI is InChI=1S/C38H33N5O6S/c1-5-16-49-31-20-26-6-8-29(21-33(26)37(22-31)50(45,46)47)40-42-35-17-24(3)36(18-23(35)2)43-41-34-15-7-25-19-28(11-14-32(25)38(34)44)39-27-9-12-30(48-4)13-10-27/h1,6-15,17-22,39,44H,5,16H2,2-4H3,(H,45,46,47). The fourth-order valence-electron chi connectivity index (χ4n) is 5.34. The zero-order valence-corrected chi connectivity index (χ0v) is 28.3. The number of rotatable bonds is 11. The molecule has 6 aromatic rings. The lowest BCUT2D eigenvalue weighted by molar-refractivity contribution is 0.324. The van der Waals surface area contributed by atoms with Gasteiger partial charge in [-0.25, -0.2) is 0 Å². The van der Waals surface area contributed by atoms with Gasteiger partial charge in [0, 0.05) is 28.2 Å². The van der Waals surface area contributed by atoms with Crippen LogP contribution in [0.25, 0.3) is 21.5 Å². The van der Waals surface area contributed by atoms with Crippen LogP contribution in [0.2, 0.25) is 0 Å². The third kappa shape index (κ3) is 7.56. The highest BCUT2D eigenvalue weighted by atomic mass is 32.2. The number of phenolic OH excluding ortho intramolecular Hbond substituents is 1. The van der Waals surface area contributed by atoms with Gasteiger partial charge in [-0.3, -0.25) is 4.55 Å². The van der Waals surface area contributed by atoms with Gasteiger partial charge in [0.25, 0.3) is 10.1 Å². The van der Waals surface area contributed by atoms with Crippen LogP contribution in [0.4, 0.5) is 34.1 Å². The summed E-state index contributed by atoms with van der Waals surface area (Å²) in [7, 11) is -2.93. The van der Waals surface area contributed by atoms with Crippen molar-refractivity contribution in [2.45, 2.75) is 25.2 Å². The second-order valence-corrected chi connectivity index (χ2v) is 12.9. The van der Waals surface area contributed by atoms with Crippen molar-refractivity contribution in [1.82, 2.24) is 0 Å². The average molecular weight is 688 g/mol. The van der Waals surface area contributed by atoms with Gasteiger partial charge in [0.15, 0.2) is 5.75 Å². The molecule has 0 saturated heterocycles. The van der Waals surface area contributed by atoms with Crippen LogP contribution in [0.15, 0.2) is 122 Å². The number of aryl methyl sites for hydroxylation is 2. The number of methoxy groups -OCH3 is 1. The van der Waals surface area contributed by atoms with Crippen LogP contribution in [-0.4, -0.2) is 31.8 Å². The molecule has 0 atom stereocenters. The number of benzene rings is 6. The molecule has 0 fully saturated rings. The van der Waals surface area contributed by atoms with E-state index in [1.54, 1.807) is 31.4 Å². The smallest absolute Gasteiger partial charge is 0.295 e. The zero-order chi connectivity index (χ0) is 35.4. The van der Waals surface area contributed by atoms with Crippen LogP contribution in [0, 0.1) is 20.8 Å². The fraction of sp³-hybridized carbons (Fsp3) is 0.132. The van der Waals surface area contributed by atoms with Gasteiger partial charge in [-0.1, -0.05) is 12.1 Å². The highest BCUT2D eigenvalue weighted by molar-refractivity contribution is 7.86. The van der Waals surface area contributed by atoms with Gasteiger partial charge in [0.1, 0.15) is 22.1 Å². The summed E-state index contributed by atoms with van der Waals surface area (Å²) in [6.45, 7) is 9.41. The predicted molar refractivity (Wildman–Crippen MR) is 194 cm³/mol. The van der Waals surface area contributed by atoms with Gasteiger partial charge < -0.3 is 19.9 Å². The van der Waals surface area contributed by atoms with Crippen LogP contribution in [0.1, 0.15) is 17.5 Å². The van der Waals surface area contributed by atoms with Crippen LogP contribution >= 0.6 is 0 Å². The first-order valence-corrected chi connectivity index (χ1v) is 17.0. The molecule has 252 valence electrons. The maximum atomic E-state index is 12.2. The Bertz CT molecular complexity index is 2390. The molecule has 0 spiro atoms. The van der Waals surface area contributed by atoms with Crippen LogP contribution in [0.3, 0.4) is 0 Å². The Balaban J connectivity index is 1.21. The van der Waals surface area contributed by atoms with Crippen molar-refractivity contribution < 1.29 is 27.6 Å². The highest BCUT2D eigenvalue weighted by Crippen LogP contribution is 2.39. The third-order valence-corrected chi connectivity index (χ3v) is 8.83. The normalized spacial score (nSPS) is 11.9. The van der Waals surface area contributed by atoms with E-state index < -0.39 is 10.1 Å². The van der Waals surface area contributed by atoms with Crippen LogP contribution in [0.5, 0.6) is 17.2 Å². The van der Waals surface area contributed by atoms with Gasteiger partial charge in [-0.15, -0.1) is 5.11 Å². The molecular formula is C38H33N5O6S. The molecule has 50 heavy (non-hydrogen) atoms. The van der Waals surface area contributed by atoms with Crippen LogP contribution < -0.4 is 14.8 Å². The summed E-state index contributed by atoms with van der Waals surface area (Å²) in [5.74, 6) is 1.07. The van der Waals surface area contributed by atoms with E-state index in [9.17, 15) is 18.1 Å². The number of aromatic hydroxyl groups is 1. The average Bonchev–Trinajstić information content (AvgIpc) is 3.10. The largest absolute Gasteiger partial charge is 0.505 e.